The molecule has 1 aromatic heterocycles. The monoisotopic (exact) mass is 417 g/mol. The van der Waals surface area contributed by atoms with Crippen LogP contribution in [0.2, 0.25) is 5.02 Å². The zero-order valence-corrected chi connectivity index (χ0v) is 17.6. The van der Waals surface area contributed by atoms with E-state index in [1.54, 1.807) is 6.07 Å². The third-order valence-corrected chi connectivity index (χ3v) is 6.36. The molecule has 1 aromatic carbocycles. The zero-order chi connectivity index (χ0) is 20.4. The number of carbonyl (C=O) groups is 1. The number of aromatic nitrogens is 2. The van der Waals surface area contributed by atoms with Crippen molar-refractivity contribution >= 4 is 17.5 Å². The molecule has 1 atom stereocenters. The van der Waals surface area contributed by atoms with Gasteiger partial charge in [-0.3, -0.25) is 9.89 Å². The van der Waals surface area contributed by atoms with Gasteiger partial charge in [0.25, 0.3) is 5.91 Å². The number of aliphatic hydroxyl groups is 1. The Morgan fingerprint density at radius 3 is 2.97 bits per heavy atom. The first-order valence-electron chi connectivity index (χ1n) is 10.4. The molecule has 29 heavy (non-hydrogen) atoms. The number of carbonyl (C=O) groups excluding carboxylic acids is 1. The predicted octanol–water partition coefficient (Wildman–Crippen LogP) is 3.69. The van der Waals surface area contributed by atoms with Crippen molar-refractivity contribution in [3.8, 4) is 5.75 Å². The van der Waals surface area contributed by atoms with Crippen LogP contribution in [0.5, 0.6) is 5.75 Å². The van der Waals surface area contributed by atoms with Gasteiger partial charge in [0, 0.05) is 24.3 Å². The van der Waals surface area contributed by atoms with E-state index in [0.29, 0.717) is 42.4 Å². The predicted molar refractivity (Wildman–Crippen MR) is 112 cm³/mol. The number of nitrogens with one attached hydrogen (secondary N) is 1. The van der Waals surface area contributed by atoms with Gasteiger partial charge >= 0.3 is 0 Å². The van der Waals surface area contributed by atoms with Crippen LogP contribution in [-0.4, -0.2) is 51.4 Å². The summed E-state index contributed by atoms with van der Waals surface area (Å²) in [5.41, 5.74) is 2.82. The van der Waals surface area contributed by atoms with Crippen LogP contribution in [0.25, 0.3) is 0 Å². The molecule has 1 saturated heterocycles. The average Bonchev–Trinajstić information content (AvgIpc) is 3.05. The van der Waals surface area contributed by atoms with E-state index in [1.165, 1.54) is 0 Å². The van der Waals surface area contributed by atoms with Crippen molar-refractivity contribution in [2.45, 2.75) is 57.5 Å². The van der Waals surface area contributed by atoms with Gasteiger partial charge in [0.15, 0.2) is 5.69 Å². The van der Waals surface area contributed by atoms with Crippen LogP contribution in [0.15, 0.2) is 18.2 Å². The number of rotatable bonds is 4. The number of H-pyrrole nitrogens is 1. The molecule has 1 fully saturated rings. The number of benzene rings is 1. The number of hydrogen-bond donors (Lipinski definition) is 2. The molecule has 2 N–H and O–H groups in total. The highest BCUT2D eigenvalue weighted by Gasteiger charge is 2.34. The average molecular weight is 418 g/mol. The molecule has 1 aliphatic heterocycles. The first kappa shape index (κ1) is 20.2. The van der Waals surface area contributed by atoms with Crippen LogP contribution < -0.4 is 4.74 Å². The number of hydrogen-bond acceptors (Lipinski definition) is 4. The number of nitrogens with zero attached hydrogens (tertiary/aromatic N) is 2. The highest BCUT2D eigenvalue weighted by molar-refractivity contribution is 6.32. The Bertz CT molecular complexity index is 897. The summed E-state index contributed by atoms with van der Waals surface area (Å²) in [4.78, 5) is 14.9. The van der Waals surface area contributed by atoms with E-state index in [1.807, 2.05) is 24.0 Å². The lowest BCUT2D eigenvalue weighted by atomic mass is 9.95. The maximum Gasteiger partial charge on any atom is 0.274 e. The van der Waals surface area contributed by atoms with Gasteiger partial charge in [0.05, 0.1) is 5.02 Å². The highest BCUT2D eigenvalue weighted by atomic mass is 35.5. The van der Waals surface area contributed by atoms with Crippen molar-refractivity contribution in [3.05, 3.63) is 45.7 Å². The number of ether oxygens (including phenoxy) is 1. The Labute approximate surface area is 176 Å². The molecular formula is C22H28ClN3O3. The van der Waals surface area contributed by atoms with Crippen molar-refractivity contribution < 1.29 is 14.6 Å². The lowest BCUT2D eigenvalue weighted by Gasteiger charge is -2.27. The van der Waals surface area contributed by atoms with E-state index in [-0.39, 0.29) is 12.5 Å². The Kier molecular flexibility index (Phi) is 5.83. The van der Waals surface area contributed by atoms with E-state index in [4.69, 9.17) is 16.3 Å². The molecule has 4 rings (SSSR count). The fraction of sp³-hybridized carbons (Fsp3) is 0.545. The maximum atomic E-state index is 13.1. The van der Waals surface area contributed by atoms with Gasteiger partial charge in [-0.25, -0.2) is 0 Å². The van der Waals surface area contributed by atoms with Gasteiger partial charge in [-0.1, -0.05) is 17.7 Å². The largest absolute Gasteiger partial charge is 0.489 e. The topological polar surface area (TPSA) is 78.5 Å². The second-order valence-electron chi connectivity index (χ2n) is 8.33. The molecule has 0 bridgehead atoms. The van der Waals surface area contributed by atoms with E-state index in [0.717, 1.165) is 48.9 Å². The lowest BCUT2D eigenvalue weighted by Crippen LogP contribution is -2.38. The van der Waals surface area contributed by atoms with Gasteiger partial charge < -0.3 is 14.7 Å². The highest BCUT2D eigenvalue weighted by Crippen LogP contribution is 2.30. The number of amides is 1. The minimum Gasteiger partial charge on any atom is -0.489 e. The summed E-state index contributed by atoms with van der Waals surface area (Å²) in [6.45, 7) is 3.24. The minimum absolute atomic E-state index is 0.0312. The summed E-state index contributed by atoms with van der Waals surface area (Å²) in [5.74, 6) is 0.553. The van der Waals surface area contributed by atoms with Gasteiger partial charge in [0.2, 0.25) is 0 Å². The molecule has 1 unspecified atom stereocenters. The Morgan fingerprint density at radius 1 is 1.28 bits per heavy atom. The summed E-state index contributed by atoms with van der Waals surface area (Å²) in [7, 11) is 0. The summed E-state index contributed by atoms with van der Waals surface area (Å²) in [5, 5.41) is 19.0. The smallest absolute Gasteiger partial charge is 0.274 e. The fourth-order valence-electron chi connectivity index (χ4n) is 4.27. The molecule has 6 nitrogen and oxygen atoms in total. The van der Waals surface area contributed by atoms with E-state index < -0.39 is 5.60 Å². The fourth-order valence-corrected chi connectivity index (χ4v) is 4.44. The first-order valence-corrected chi connectivity index (χ1v) is 10.8. The second kappa shape index (κ2) is 8.36. The maximum absolute atomic E-state index is 13.1. The normalized spacial score (nSPS) is 22.1. The van der Waals surface area contributed by atoms with E-state index in [2.05, 4.69) is 10.2 Å². The lowest BCUT2D eigenvalue weighted by molar-refractivity contribution is -0.0163. The third-order valence-electron chi connectivity index (χ3n) is 6.05. The SMILES string of the molecule is Cc1ccc(Cl)c(OCC2(O)CCCN(C(=O)c3n[nH]c4c3CCCC4)CC2)c1. The summed E-state index contributed by atoms with van der Waals surface area (Å²) >= 11 is 6.20. The van der Waals surface area contributed by atoms with Crippen LogP contribution in [0.4, 0.5) is 0 Å². The first-order chi connectivity index (χ1) is 14.0. The Hall–Kier alpha value is -2.05. The van der Waals surface area contributed by atoms with Gasteiger partial charge in [-0.15, -0.1) is 0 Å². The Balaban J connectivity index is 1.40. The van der Waals surface area contributed by atoms with Gasteiger partial charge in [-0.2, -0.15) is 5.10 Å². The van der Waals surface area contributed by atoms with Crippen LogP contribution in [0, 0.1) is 6.92 Å². The number of fused-ring (bicyclic) bond motifs is 1. The molecule has 2 aromatic rings. The third kappa shape index (κ3) is 4.43. The molecular weight excluding hydrogens is 390 g/mol. The van der Waals surface area contributed by atoms with Gasteiger partial charge in [0.1, 0.15) is 18.0 Å². The van der Waals surface area contributed by atoms with Crippen LogP contribution in [-0.2, 0) is 12.8 Å². The molecule has 1 amide bonds. The number of aromatic amines is 1. The number of halogens is 1. The summed E-state index contributed by atoms with van der Waals surface area (Å²) in [6.07, 6.45) is 5.90. The molecule has 2 aliphatic rings. The summed E-state index contributed by atoms with van der Waals surface area (Å²) < 4.78 is 5.86. The van der Waals surface area contributed by atoms with E-state index in [9.17, 15) is 9.90 Å². The van der Waals surface area contributed by atoms with Crippen molar-refractivity contribution in [2.75, 3.05) is 19.7 Å². The van der Waals surface area contributed by atoms with Crippen LogP contribution in [0.1, 0.15) is 59.4 Å². The zero-order valence-electron chi connectivity index (χ0n) is 16.8. The standard InChI is InChI=1S/C22H28ClN3O3/c1-15-7-8-17(23)19(13-15)29-14-22(28)9-4-11-26(12-10-22)21(27)20-16-5-2-3-6-18(16)24-25-20/h7-8,13,28H,2-6,9-12,14H2,1H3,(H,24,25). The second-order valence-corrected chi connectivity index (χ2v) is 8.74. The summed E-state index contributed by atoms with van der Waals surface area (Å²) in [6, 6.07) is 5.60. The molecule has 156 valence electrons. The van der Waals surface area contributed by atoms with Crippen molar-refractivity contribution in [3.63, 3.8) is 0 Å². The van der Waals surface area contributed by atoms with Crippen molar-refractivity contribution in [1.82, 2.24) is 15.1 Å². The van der Waals surface area contributed by atoms with E-state index >= 15 is 0 Å². The molecule has 0 saturated carbocycles. The molecule has 7 heteroatoms. The molecule has 2 heterocycles. The minimum atomic E-state index is -0.979. The van der Waals surface area contributed by atoms with Crippen LogP contribution in [0.3, 0.4) is 0 Å². The number of aryl methyl sites for hydroxylation is 2. The number of likely N-dealkylation sites (tertiary alicyclic amines) is 1. The molecule has 0 radical (unpaired) electrons. The van der Waals surface area contributed by atoms with Crippen molar-refractivity contribution in [2.24, 2.45) is 0 Å². The molecule has 1 aliphatic carbocycles. The van der Waals surface area contributed by atoms with Gasteiger partial charge in [-0.05, 0) is 69.6 Å². The Morgan fingerprint density at radius 2 is 2.10 bits per heavy atom. The molecule has 0 spiro atoms. The quantitative estimate of drug-likeness (QED) is 0.795. The van der Waals surface area contributed by atoms with Crippen molar-refractivity contribution in [1.29, 1.82) is 0 Å². The van der Waals surface area contributed by atoms with Crippen LogP contribution >= 0.6 is 11.6 Å².